The first-order valence-electron chi connectivity index (χ1n) is 4.88. The Morgan fingerprint density at radius 1 is 1.47 bits per heavy atom. The highest BCUT2D eigenvalue weighted by Gasteiger charge is 2.44. The molecule has 1 aromatic heterocycles. The fourth-order valence-corrected chi connectivity index (χ4v) is 1.62. The van der Waals surface area contributed by atoms with Crippen molar-refractivity contribution in [1.82, 2.24) is 14.8 Å². The summed E-state index contributed by atoms with van der Waals surface area (Å²) in [6.45, 7) is -0.480. The number of hydrogen-bond acceptors (Lipinski definition) is 8. The molecule has 0 amide bonds. The first kappa shape index (κ1) is 11.9. The Hall–Kier alpha value is -1.55. The number of aromatic nitrogens is 3. The topological polar surface area (TPSA) is 144 Å². The number of hydrogen-bond donors (Lipinski definition) is 4. The lowest BCUT2D eigenvalue weighted by Gasteiger charge is -2.15. The van der Waals surface area contributed by atoms with E-state index in [1.54, 1.807) is 0 Å². The number of anilines is 1. The monoisotopic (exact) mass is 244 g/mol. The van der Waals surface area contributed by atoms with E-state index in [0.29, 0.717) is 0 Å². The van der Waals surface area contributed by atoms with Crippen LogP contribution < -0.4 is 11.4 Å². The van der Waals surface area contributed by atoms with E-state index in [-0.39, 0.29) is 5.82 Å². The molecule has 1 aliphatic heterocycles. The molecule has 17 heavy (non-hydrogen) atoms. The lowest BCUT2D eigenvalue weighted by Crippen LogP contribution is -2.37. The molecule has 1 saturated heterocycles. The summed E-state index contributed by atoms with van der Waals surface area (Å²) >= 11 is 0. The van der Waals surface area contributed by atoms with Gasteiger partial charge in [-0.2, -0.15) is 14.8 Å². The normalized spacial score (nSPS) is 32.9. The van der Waals surface area contributed by atoms with E-state index in [1.165, 1.54) is 0 Å². The molecule has 0 aliphatic carbocycles. The van der Waals surface area contributed by atoms with E-state index in [1.807, 2.05) is 0 Å². The molecular formula is C8H12N4O5. The molecule has 0 saturated carbocycles. The Morgan fingerprint density at radius 3 is 2.71 bits per heavy atom. The van der Waals surface area contributed by atoms with Crippen molar-refractivity contribution in [2.75, 3.05) is 12.3 Å². The van der Waals surface area contributed by atoms with Gasteiger partial charge in [0.1, 0.15) is 24.1 Å². The largest absolute Gasteiger partial charge is 0.394 e. The van der Waals surface area contributed by atoms with Gasteiger partial charge in [-0.25, -0.2) is 4.79 Å². The van der Waals surface area contributed by atoms with Gasteiger partial charge < -0.3 is 25.8 Å². The van der Waals surface area contributed by atoms with Crippen LogP contribution in [-0.4, -0.2) is 55.0 Å². The van der Waals surface area contributed by atoms with Crippen LogP contribution in [0.15, 0.2) is 11.0 Å². The number of ether oxygens (including phenoxy) is 1. The van der Waals surface area contributed by atoms with E-state index < -0.39 is 36.8 Å². The summed E-state index contributed by atoms with van der Waals surface area (Å²) in [6, 6.07) is 0. The second-order valence-electron chi connectivity index (χ2n) is 3.64. The van der Waals surface area contributed by atoms with Gasteiger partial charge in [0.2, 0.25) is 0 Å². The maximum absolute atomic E-state index is 11.4. The molecule has 0 aromatic carbocycles. The summed E-state index contributed by atoms with van der Waals surface area (Å²) in [7, 11) is 0. The second-order valence-corrected chi connectivity index (χ2v) is 3.64. The third-order valence-electron chi connectivity index (χ3n) is 2.49. The predicted molar refractivity (Wildman–Crippen MR) is 53.7 cm³/mol. The van der Waals surface area contributed by atoms with E-state index in [9.17, 15) is 15.0 Å². The van der Waals surface area contributed by atoms with Crippen molar-refractivity contribution in [2.24, 2.45) is 0 Å². The minimum Gasteiger partial charge on any atom is -0.394 e. The molecule has 1 aromatic rings. The highest BCUT2D eigenvalue weighted by atomic mass is 16.6. The lowest BCUT2D eigenvalue weighted by molar-refractivity contribution is -0.0616. The van der Waals surface area contributed by atoms with Gasteiger partial charge in [-0.15, -0.1) is 0 Å². The van der Waals surface area contributed by atoms with Crippen LogP contribution in [0.2, 0.25) is 0 Å². The quantitative estimate of drug-likeness (QED) is 0.426. The van der Waals surface area contributed by atoms with Gasteiger partial charge in [0.15, 0.2) is 6.23 Å². The van der Waals surface area contributed by atoms with Gasteiger partial charge >= 0.3 is 5.69 Å². The average molecular weight is 244 g/mol. The molecule has 0 spiro atoms. The molecule has 0 radical (unpaired) electrons. The standard InChI is InChI=1S/C8H12N4O5/c9-4-1-10-12(8(16)11-4)7-6(15)5(14)3(2-13)17-7/h1,3,5-7,13-15H,2H2,(H2,9,11,16)/t3-,5+,6?,7-/m1/s1. The van der Waals surface area contributed by atoms with Crippen LogP contribution in [0.25, 0.3) is 0 Å². The second kappa shape index (κ2) is 4.37. The first-order chi connectivity index (χ1) is 8.04. The molecule has 5 N–H and O–H groups in total. The zero-order valence-electron chi connectivity index (χ0n) is 8.67. The Balaban J connectivity index is 2.32. The third-order valence-corrected chi connectivity index (χ3v) is 2.49. The SMILES string of the molecule is Nc1cnn([C@@H]2O[C@H](CO)[C@H](O)C2O)c(=O)n1. The van der Waals surface area contributed by atoms with Gasteiger partial charge in [0.05, 0.1) is 12.8 Å². The van der Waals surface area contributed by atoms with E-state index in [4.69, 9.17) is 15.6 Å². The third kappa shape index (κ3) is 2.00. The summed E-state index contributed by atoms with van der Waals surface area (Å²) in [4.78, 5) is 14.9. The van der Waals surface area contributed by atoms with E-state index >= 15 is 0 Å². The van der Waals surface area contributed by atoms with Gasteiger partial charge in [-0.1, -0.05) is 0 Å². The van der Waals surface area contributed by atoms with Gasteiger partial charge in [0.25, 0.3) is 0 Å². The molecule has 1 fully saturated rings. The van der Waals surface area contributed by atoms with Crippen LogP contribution in [0.3, 0.4) is 0 Å². The van der Waals surface area contributed by atoms with Crippen molar-refractivity contribution in [3.63, 3.8) is 0 Å². The molecule has 4 atom stereocenters. The number of nitrogen functional groups attached to an aromatic ring is 1. The number of nitrogens with zero attached hydrogens (tertiary/aromatic N) is 3. The maximum Gasteiger partial charge on any atom is 0.368 e. The van der Waals surface area contributed by atoms with Crippen molar-refractivity contribution >= 4 is 5.82 Å². The summed E-state index contributed by atoms with van der Waals surface area (Å²) in [5.41, 5.74) is 4.46. The minimum atomic E-state index is -1.37. The molecule has 1 aliphatic rings. The lowest BCUT2D eigenvalue weighted by atomic mass is 10.1. The van der Waals surface area contributed by atoms with Crippen LogP contribution in [-0.2, 0) is 4.74 Å². The number of rotatable bonds is 2. The van der Waals surface area contributed by atoms with E-state index in [0.717, 1.165) is 10.9 Å². The van der Waals surface area contributed by atoms with E-state index in [2.05, 4.69) is 10.1 Å². The number of nitrogens with two attached hydrogens (primary N) is 1. The minimum absolute atomic E-state index is 0.0574. The maximum atomic E-state index is 11.4. The van der Waals surface area contributed by atoms with Crippen LogP contribution in [0.4, 0.5) is 5.82 Å². The molecule has 9 nitrogen and oxygen atoms in total. The van der Waals surface area contributed by atoms with Crippen molar-refractivity contribution in [3.05, 3.63) is 16.7 Å². The number of aliphatic hydroxyl groups is 3. The summed E-state index contributed by atoms with van der Waals surface area (Å²) < 4.78 is 5.88. The van der Waals surface area contributed by atoms with Crippen LogP contribution in [0.5, 0.6) is 0 Å². The fraction of sp³-hybridized carbons (Fsp3) is 0.625. The fourth-order valence-electron chi connectivity index (χ4n) is 1.62. The van der Waals surface area contributed by atoms with Gasteiger partial charge in [-0.3, -0.25) is 0 Å². The zero-order valence-corrected chi connectivity index (χ0v) is 8.67. The highest BCUT2D eigenvalue weighted by Crippen LogP contribution is 2.27. The molecule has 0 bridgehead atoms. The predicted octanol–water partition coefficient (Wildman–Crippen LogP) is -3.17. The highest BCUT2D eigenvalue weighted by molar-refractivity contribution is 5.19. The average Bonchev–Trinajstić information content (AvgIpc) is 2.57. The molecule has 2 rings (SSSR count). The van der Waals surface area contributed by atoms with Crippen molar-refractivity contribution in [2.45, 2.75) is 24.5 Å². The molecule has 94 valence electrons. The van der Waals surface area contributed by atoms with Crippen molar-refractivity contribution < 1.29 is 20.1 Å². The zero-order chi connectivity index (χ0) is 12.6. The smallest absolute Gasteiger partial charge is 0.368 e. The molecule has 2 heterocycles. The van der Waals surface area contributed by atoms with Gasteiger partial charge in [-0.05, 0) is 0 Å². The van der Waals surface area contributed by atoms with Crippen molar-refractivity contribution in [3.8, 4) is 0 Å². The first-order valence-corrected chi connectivity index (χ1v) is 4.88. The van der Waals surface area contributed by atoms with Crippen molar-refractivity contribution in [1.29, 1.82) is 0 Å². The Bertz CT molecular complexity index is 463. The van der Waals surface area contributed by atoms with Crippen LogP contribution >= 0.6 is 0 Å². The summed E-state index contributed by atoms with van der Waals surface area (Å²) in [5.74, 6) is -0.0574. The Labute approximate surface area is 95.1 Å². The Kier molecular flexibility index (Phi) is 3.07. The number of aliphatic hydroxyl groups excluding tert-OH is 3. The summed E-state index contributed by atoms with van der Waals surface area (Å²) in [5, 5.41) is 31.7. The Morgan fingerprint density at radius 2 is 2.18 bits per heavy atom. The van der Waals surface area contributed by atoms with Crippen LogP contribution in [0, 0.1) is 0 Å². The molecule has 1 unspecified atom stereocenters. The molecular weight excluding hydrogens is 232 g/mol. The van der Waals surface area contributed by atoms with Crippen LogP contribution in [0.1, 0.15) is 6.23 Å². The van der Waals surface area contributed by atoms with Gasteiger partial charge in [0, 0.05) is 0 Å². The molecule has 9 heteroatoms. The summed E-state index contributed by atoms with van der Waals surface area (Å²) in [6.07, 6.45) is -3.71.